The van der Waals surface area contributed by atoms with Crippen LogP contribution in [0.25, 0.3) is 11.3 Å². The third-order valence-corrected chi connectivity index (χ3v) is 5.68. The number of carbonyl (C=O) groups is 1. The first-order valence-electron chi connectivity index (χ1n) is 10.1. The number of hydrogen-bond donors (Lipinski definition) is 1. The fourth-order valence-electron chi connectivity index (χ4n) is 3.50. The van der Waals surface area contributed by atoms with Crippen molar-refractivity contribution < 1.29 is 19.0 Å². The van der Waals surface area contributed by atoms with Gasteiger partial charge in [0, 0.05) is 22.4 Å². The minimum Gasteiger partial charge on any atom is -0.490 e. The molecule has 1 N–H and O–H groups in total. The fraction of sp³-hybridized carbons (Fsp3) is 0.304. The Morgan fingerprint density at radius 2 is 1.70 bits per heavy atom. The summed E-state index contributed by atoms with van der Waals surface area (Å²) in [6.07, 6.45) is 0.852. The third kappa shape index (κ3) is 3.85. The Labute approximate surface area is 179 Å². The Morgan fingerprint density at radius 3 is 2.37 bits per heavy atom. The van der Waals surface area contributed by atoms with Gasteiger partial charge in [0.15, 0.2) is 16.6 Å². The van der Waals surface area contributed by atoms with E-state index in [-0.39, 0.29) is 5.91 Å². The van der Waals surface area contributed by atoms with Crippen molar-refractivity contribution in [2.24, 2.45) is 0 Å². The van der Waals surface area contributed by atoms with Gasteiger partial charge in [0.1, 0.15) is 0 Å². The fourth-order valence-corrected chi connectivity index (χ4v) is 4.50. The number of aromatic nitrogens is 1. The molecule has 0 fully saturated rings. The van der Waals surface area contributed by atoms with Gasteiger partial charge in [-0.05, 0) is 38.5 Å². The highest BCUT2D eigenvalue weighted by molar-refractivity contribution is 7.16. The number of benzene rings is 2. The van der Waals surface area contributed by atoms with Crippen LogP contribution in [0.15, 0.2) is 36.4 Å². The van der Waals surface area contributed by atoms with E-state index in [1.807, 2.05) is 32.9 Å². The molecule has 1 aliphatic carbocycles. The maximum Gasteiger partial charge on any atom is 0.257 e. The summed E-state index contributed by atoms with van der Waals surface area (Å²) in [4.78, 5) is 18.8. The van der Waals surface area contributed by atoms with Crippen LogP contribution in [0.4, 0.5) is 5.13 Å². The molecular formula is C23H24N2O4S. The summed E-state index contributed by atoms with van der Waals surface area (Å²) >= 11 is 1.51. The lowest BCUT2D eigenvalue weighted by molar-refractivity contribution is 0.102. The number of carbonyl (C=O) groups excluding carboxylic acids is 1. The molecule has 156 valence electrons. The molecule has 4 rings (SSSR count). The first-order valence-corrected chi connectivity index (χ1v) is 10.9. The highest BCUT2D eigenvalue weighted by Gasteiger charge is 2.24. The molecule has 0 atom stereocenters. The molecule has 7 heteroatoms. The summed E-state index contributed by atoms with van der Waals surface area (Å²) in [6, 6.07) is 11.6. The Balaban J connectivity index is 1.61. The Hall–Kier alpha value is -3.06. The van der Waals surface area contributed by atoms with Crippen LogP contribution in [0.5, 0.6) is 17.2 Å². The quantitative estimate of drug-likeness (QED) is 0.423. The second-order valence-corrected chi connectivity index (χ2v) is 7.76. The number of rotatable bonds is 8. The van der Waals surface area contributed by atoms with E-state index in [9.17, 15) is 4.79 Å². The van der Waals surface area contributed by atoms with Crippen molar-refractivity contribution in [3.05, 3.63) is 52.4 Å². The van der Waals surface area contributed by atoms with Crippen LogP contribution < -0.4 is 19.5 Å². The van der Waals surface area contributed by atoms with Crippen molar-refractivity contribution in [3.63, 3.8) is 0 Å². The first kappa shape index (κ1) is 20.2. The average Bonchev–Trinajstić information content (AvgIpc) is 3.27. The van der Waals surface area contributed by atoms with Gasteiger partial charge in [-0.15, -0.1) is 11.3 Å². The van der Waals surface area contributed by atoms with E-state index < -0.39 is 0 Å². The largest absolute Gasteiger partial charge is 0.490 e. The second-order valence-electron chi connectivity index (χ2n) is 6.68. The van der Waals surface area contributed by atoms with E-state index in [0.29, 0.717) is 47.8 Å². The zero-order chi connectivity index (χ0) is 21.1. The average molecular weight is 425 g/mol. The van der Waals surface area contributed by atoms with E-state index in [1.54, 1.807) is 12.1 Å². The molecule has 1 amide bonds. The highest BCUT2D eigenvalue weighted by Crippen LogP contribution is 2.42. The zero-order valence-corrected chi connectivity index (χ0v) is 18.1. The van der Waals surface area contributed by atoms with E-state index >= 15 is 0 Å². The minimum absolute atomic E-state index is 0.263. The predicted molar refractivity (Wildman–Crippen MR) is 118 cm³/mol. The number of thiazole rings is 1. The maximum absolute atomic E-state index is 13.0. The number of nitrogens with zero attached hydrogens (tertiary/aromatic N) is 1. The van der Waals surface area contributed by atoms with E-state index in [2.05, 4.69) is 22.4 Å². The monoisotopic (exact) mass is 424 g/mol. The van der Waals surface area contributed by atoms with E-state index in [4.69, 9.17) is 14.2 Å². The highest BCUT2D eigenvalue weighted by atomic mass is 32.1. The molecule has 6 nitrogen and oxygen atoms in total. The molecule has 0 aliphatic heterocycles. The van der Waals surface area contributed by atoms with Crippen molar-refractivity contribution in [1.29, 1.82) is 0 Å². The zero-order valence-electron chi connectivity index (χ0n) is 17.3. The topological polar surface area (TPSA) is 69.7 Å². The number of amides is 1. The Morgan fingerprint density at radius 1 is 1.03 bits per heavy atom. The van der Waals surface area contributed by atoms with Crippen molar-refractivity contribution >= 4 is 22.4 Å². The molecule has 3 aromatic rings. The first-order chi connectivity index (χ1) is 14.6. The molecule has 2 aromatic carbocycles. The maximum atomic E-state index is 13.0. The number of hydrogen-bond acceptors (Lipinski definition) is 6. The second kappa shape index (κ2) is 8.75. The third-order valence-electron chi connectivity index (χ3n) is 4.71. The summed E-state index contributed by atoms with van der Waals surface area (Å²) in [5, 5.41) is 3.51. The van der Waals surface area contributed by atoms with Crippen molar-refractivity contribution in [2.45, 2.75) is 27.2 Å². The molecular weight excluding hydrogens is 400 g/mol. The predicted octanol–water partition coefficient (Wildman–Crippen LogP) is 5.16. The van der Waals surface area contributed by atoms with Crippen LogP contribution in [-0.4, -0.2) is 30.7 Å². The van der Waals surface area contributed by atoms with Gasteiger partial charge in [-0.2, -0.15) is 0 Å². The van der Waals surface area contributed by atoms with E-state index in [0.717, 1.165) is 17.7 Å². The number of nitrogens with one attached hydrogen (secondary N) is 1. The van der Waals surface area contributed by atoms with Crippen LogP contribution in [0.1, 0.15) is 41.6 Å². The summed E-state index contributed by atoms with van der Waals surface area (Å²) in [6.45, 7) is 7.05. The molecule has 1 heterocycles. The molecule has 1 aliphatic rings. The number of fused-ring (bicyclic) bond motifs is 3. The van der Waals surface area contributed by atoms with Gasteiger partial charge in [-0.1, -0.05) is 24.3 Å². The van der Waals surface area contributed by atoms with Gasteiger partial charge in [0.05, 0.1) is 25.5 Å². The summed E-state index contributed by atoms with van der Waals surface area (Å²) in [7, 11) is 0. The normalized spacial score (nSPS) is 11.6. The summed E-state index contributed by atoms with van der Waals surface area (Å²) in [5.41, 5.74) is 3.81. The number of ether oxygens (including phenoxy) is 3. The SMILES string of the molecule is CCOc1cc(C(=O)Nc2nc3c(s2)Cc2ccccc2-3)cc(OCC)c1OCC. The summed E-state index contributed by atoms with van der Waals surface area (Å²) < 4.78 is 17.1. The lowest BCUT2D eigenvalue weighted by Crippen LogP contribution is -2.13. The van der Waals surface area contributed by atoms with Gasteiger partial charge in [-0.25, -0.2) is 4.98 Å². The van der Waals surface area contributed by atoms with Gasteiger partial charge < -0.3 is 14.2 Å². The molecule has 0 saturated heterocycles. The van der Waals surface area contributed by atoms with Crippen molar-refractivity contribution in [1.82, 2.24) is 4.98 Å². The number of anilines is 1. The van der Waals surface area contributed by atoms with Crippen LogP contribution >= 0.6 is 11.3 Å². The van der Waals surface area contributed by atoms with Crippen LogP contribution in [-0.2, 0) is 6.42 Å². The van der Waals surface area contributed by atoms with Crippen LogP contribution in [0.2, 0.25) is 0 Å². The standard InChI is InChI=1S/C23H24N2O4S/c1-4-27-17-11-15(12-18(28-5-2)21(17)29-6-3)22(26)25-23-24-20-16-10-8-7-9-14(16)13-19(20)30-23/h7-12H,4-6,13H2,1-3H3,(H,24,25,26). The molecule has 30 heavy (non-hydrogen) atoms. The van der Waals surface area contributed by atoms with Gasteiger partial charge in [0.2, 0.25) is 5.75 Å². The molecule has 0 spiro atoms. The minimum atomic E-state index is -0.263. The van der Waals surface area contributed by atoms with Crippen LogP contribution in [0, 0.1) is 0 Å². The lowest BCUT2D eigenvalue weighted by atomic mass is 10.1. The Kier molecular flexibility index (Phi) is 5.90. The summed E-state index contributed by atoms with van der Waals surface area (Å²) in [5.74, 6) is 1.24. The van der Waals surface area contributed by atoms with Gasteiger partial charge >= 0.3 is 0 Å². The van der Waals surface area contributed by atoms with Crippen molar-refractivity contribution in [2.75, 3.05) is 25.1 Å². The molecule has 0 radical (unpaired) electrons. The molecule has 0 saturated carbocycles. The van der Waals surface area contributed by atoms with Gasteiger partial charge in [0.25, 0.3) is 5.91 Å². The van der Waals surface area contributed by atoms with Crippen molar-refractivity contribution in [3.8, 4) is 28.5 Å². The molecule has 0 unspecified atom stereocenters. The molecule has 1 aromatic heterocycles. The van der Waals surface area contributed by atoms with E-state index in [1.165, 1.54) is 21.8 Å². The Bertz CT molecular complexity index is 1050. The van der Waals surface area contributed by atoms with Gasteiger partial charge in [-0.3, -0.25) is 10.1 Å². The lowest BCUT2D eigenvalue weighted by Gasteiger charge is -2.16. The smallest absolute Gasteiger partial charge is 0.257 e. The van der Waals surface area contributed by atoms with Crippen LogP contribution in [0.3, 0.4) is 0 Å². The molecule has 0 bridgehead atoms.